The van der Waals surface area contributed by atoms with Crippen LogP contribution in [0.25, 0.3) is 0 Å². The zero-order valence-corrected chi connectivity index (χ0v) is 18.3. The Morgan fingerprint density at radius 3 is 2.62 bits per heavy atom. The molecule has 9 heteroatoms. The molecular weight excluding hydrogens is 477 g/mol. The maximum absolute atomic E-state index is 14.7. The van der Waals surface area contributed by atoms with Gasteiger partial charge < -0.3 is 15.9 Å². The summed E-state index contributed by atoms with van der Waals surface area (Å²) in [6, 6.07) is 21.0. The summed E-state index contributed by atoms with van der Waals surface area (Å²) >= 11 is 3.44. The van der Waals surface area contributed by atoms with E-state index in [-0.39, 0.29) is 18.0 Å². The molecule has 0 fully saturated rings. The largest absolute Gasteiger partial charge is 0.445 e. The number of hydrogen-bond donors (Lipinski definition) is 3. The van der Waals surface area contributed by atoms with Crippen LogP contribution in [0.3, 0.4) is 0 Å². The molecule has 7 nitrogen and oxygen atoms in total. The van der Waals surface area contributed by atoms with Crippen molar-refractivity contribution in [2.24, 2.45) is 15.9 Å². The van der Waals surface area contributed by atoms with E-state index in [1.165, 1.54) is 6.07 Å². The van der Waals surface area contributed by atoms with E-state index >= 15 is 0 Å². The lowest BCUT2D eigenvalue weighted by Crippen LogP contribution is -2.43. The molecule has 0 aliphatic carbocycles. The van der Waals surface area contributed by atoms with Crippen molar-refractivity contribution in [1.82, 2.24) is 5.32 Å². The van der Waals surface area contributed by atoms with Crippen LogP contribution in [-0.4, -0.2) is 23.8 Å². The van der Waals surface area contributed by atoms with Gasteiger partial charge >= 0.3 is 6.09 Å². The van der Waals surface area contributed by atoms with Crippen LogP contribution in [0, 0.1) is 5.82 Å². The monoisotopic (exact) mass is 495 g/mol. The molecule has 4 rings (SSSR count). The number of carbonyl (C=O) groups is 1. The van der Waals surface area contributed by atoms with Crippen LogP contribution >= 0.6 is 15.9 Å². The van der Waals surface area contributed by atoms with Gasteiger partial charge in [0.25, 0.3) is 0 Å². The van der Waals surface area contributed by atoms with Crippen LogP contribution in [0.15, 0.2) is 87.4 Å². The Labute approximate surface area is 192 Å². The highest BCUT2D eigenvalue weighted by molar-refractivity contribution is 9.10. The van der Waals surface area contributed by atoms with Gasteiger partial charge in [-0.3, -0.25) is 10.3 Å². The van der Waals surface area contributed by atoms with E-state index in [4.69, 9.17) is 10.6 Å². The van der Waals surface area contributed by atoms with Gasteiger partial charge in [-0.15, -0.1) is 0 Å². The van der Waals surface area contributed by atoms with Gasteiger partial charge in [0, 0.05) is 21.3 Å². The third kappa shape index (κ3) is 4.78. The predicted octanol–water partition coefficient (Wildman–Crippen LogP) is 4.38. The highest BCUT2D eigenvalue weighted by Crippen LogP contribution is 2.28. The Kier molecular flexibility index (Phi) is 6.46. The van der Waals surface area contributed by atoms with Crippen LogP contribution < -0.4 is 16.5 Å². The second kappa shape index (κ2) is 9.61. The molecule has 1 atom stereocenters. The number of rotatable bonds is 4. The molecule has 3 aromatic rings. The highest BCUT2D eigenvalue weighted by atomic mass is 79.9. The zero-order valence-electron chi connectivity index (χ0n) is 16.8. The van der Waals surface area contributed by atoms with Crippen LogP contribution in [0.4, 0.5) is 14.9 Å². The van der Waals surface area contributed by atoms with Gasteiger partial charge in [-0.25, -0.2) is 9.18 Å². The van der Waals surface area contributed by atoms with Crippen molar-refractivity contribution >= 4 is 39.3 Å². The maximum Gasteiger partial charge on any atom is 0.409 e. The molecule has 1 amide bonds. The van der Waals surface area contributed by atoms with E-state index in [1.807, 2.05) is 36.4 Å². The highest BCUT2D eigenvalue weighted by Gasteiger charge is 2.27. The summed E-state index contributed by atoms with van der Waals surface area (Å²) in [7, 11) is 0. The number of hydrogen-bond acceptors (Lipinski definition) is 5. The van der Waals surface area contributed by atoms with E-state index in [9.17, 15) is 9.18 Å². The number of amides is 1. The Bertz CT molecular complexity index is 1200. The zero-order chi connectivity index (χ0) is 22.5. The number of ether oxygens (including phenoxy) is 1. The number of nitrogens with zero attached hydrogens (tertiary/aromatic N) is 2. The predicted molar refractivity (Wildman–Crippen MR) is 125 cm³/mol. The first-order valence-electron chi connectivity index (χ1n) is 9.70. The van der Waals surface area contributed by atoms with Gasteiger partial charge in [-0.2, -0.15) is 5.10 Å². The molecule has 3 aromatic carbocycles. The average molecular weight is 496 g/mol. The summed E-state index contributed by atoms with van der Waals surface area (Å²) in [4.78, 5) is 17.1. The average Bonchev–Trinajstić information content (AvgIpc) is 2.95. The first-order chi connectivity index (χ1) is 15.5. The third-order valence-corrected chi connectivity index (χ3v) is 5.25. The second-order valence-electron chi connectivity index (χ2n) is 6.90. The Morgan fingerprint density at radius 1 is 1.12 bits per heavy atom. The van der Waals surface area contributed by atoms with Crippen LogP contribution in [0.1, 0.15) is 16.7 Å². The minimum atomic E-state index is -1.02. The number of amidine groups is 1. The summed E-state index contributed by atoms with van der Waals surface area (Å²) in [5, 5.41) is 9.48. The molecule has 0 spiro atoms. The van der Waals surface area contributed by atoms with Gasteiger partial charge in [0.1, 0.15) is 12.4 Å². The molecule has 0 saturated heterocycles. The SMILES string of the molecule is N/N=C1\Nc2ccc(Br)cc2C(c2ccccc2F)=NC1NC(=O)OCc1ccccc1. The number of halogens is 2. The fourth-order valence-corrected chi connectivity index (χ4v) is 3.60. The van der Waals surface area contributed by atoms with Crippen molar-refractivity contribution in [2.75, 3.05) is 5.32 Å². The molecular formula is C23H19BrFN5O2. The van der Waals surface area contributed by atoms with Crippen molar-refractivity contribution < 1.29 is 13.9 Å². The number of benzene rings is 3. The molecule has 0 aromatic heterocycles. The molecule has 1 aliphatic rings. The molecule has 0 bridgehead atoms. The summed E-state index contributed by atoms with van der Waals surface area (Å²) < 4.78 is 20.8. The molecule has 32 heavy (non-hydrogen) atoms. The molecule has 4 N–H and O–H groups in total. The second-order valence-corrected chi connectivity index (χ2v) is 7.81. The Balaban J connectivity index is 1.68. The van der Waals surface area contributed by atoms with Crippen molar-refractivity contribution in [3.05, 3.63) is 99.8 Å². The van der Waals surface area contributed by atoms with Crippen LogP contribution in [-0.2, 0) is 11.3 Å². The number of nitrogens with two attached hydrogens (primary N) is 1. The fraction of sp³-hybridized carbons (Fsp3) is 0.0870. The number of nitrogens with one attached hydrogen (secondary N) is 2. The topological polar surface area (TPSA) is 101 Å². The molecule has 1 unspecified atom stereocenters. The quantitative estimate of drug-likeness (QED) is 0.369. The molecule has 1 heterocycles. The number of hydrazone groups is 1. The minimum absolute atomic E-state index is 0.0823. The van der Waals surface area contributed by atoms with Crippen LogP contribution in [0.2, 0.25) is 0 Å². The Hall–Kier alpha value is -3.72. The number of alkyl carbamates (subject to hydrolysis) is 1. The summed E-state index contributed by atoms with van der Waals surface area (Å²) in [5.74, 6) is 5.31. The number of fused-ring (bicyclic) bond motifs is 1. The first kappa shape index (κ1) is 21.5. The number of aliphatic imine (C=N–C) groups is 1. The number of carbonyl (C=O) groups excluding carboxylic acids is 1. The van der Waals surface area contributed by atoms with Crippen LogP contribution in [0.5, 0.6) is 0 Å². The van der Waals surface area contributed by atoms with E-state index < -0.39 is 18.1 Å². The van der Waals surface area contributed by atoms with Gasteiger partial charge in [-0.05, 0) is 35.9 Å². The van der Waals surface area contributed by atoms with E-state index in [1.54, 1.807) is 30.3 Å². The lowest BCUT2D eigenvalue weighted by atomic mass is 10.0. The molecule has 1 aliphatic heterocycles. The van der Waals surface area contributed by atoms with E-state index in [2.05, 4.69) is 36.7 Å². The smallest absolute Gasteiger partial charge is 0.409 e. The molecule has 0 saturated carbocycles. The molecule has 0 radical (unpaired) electrons. The lowest BCUT2D eigenvalue weighted by Gasteiger charge is -2.16. The minimum Gasteiger partial charge on any atom is -0.445 e. The van der Waals surface area contributed by atoms with E-state index in [0.29, 0.717) is 17.0 Å². The maximum atomic E-state index is 14.7. The molecule has 162 valence electrons. The summed E-state index contributed by atoms with van der Waals surface area (Å²) in [6.07, 6.45) is -1.74. The fourth-order valence-electron chi connectivity index (χ4n) is 3.24. The van der Waals surface area contributed by atoms with Crippen molar-refractivity contribution in [1.29, 1.82) is 0 Å². The normalized spacial score (nSPS) is 16.4. The summed E-state index contributed by atoms with van der Waals surface area (Å²) in [6.45, 7) is 0.0823. The van der Waals surface area contributed by atoms with E-state index in [0.717, 1.165) is 10.0 Å². The Morgan fingerprint density at radius 2 is 1.88 bits per heavy atom. The van der Waals surface area contributed by atoms with Gasteiger partial charge in [0.15, 0.2) is 12.0 Å². The van der Waals surface area contributed by atoms with Crippen molar-refractivity contribution in [3.63, 3.8) is 0 Å². The number of benzodiazepines with no additional fused rings is 1. The summed E-state index contributed by atoms with van der Waals surface area (Å²) in [5.41, 5.74) is 2.67. The van der Waals surface area contributed by atoms with Crippen molar-refractivity contribution in [2.45, 2.75) is 12.8 Å². The van der Waals surface area contributed by atoms with Gasteiger partial charge in [-0.1, -0.05) is 58.4 Å². The third-order valence-electron chi connectivity index (χ3n) is 4.75. The first-order valence-corrected chi connectivity index (χ1v) is 10.5. The number of anilines is 1. The lowest BCUT2D eigenvalue weighted by molar-refractivity contribution is 0.138. The van der Waals surface area contributed by atoms with Gasteiger partial charge in [0.05, 0.1) is 5.71 Å². The van der Waals surface area contributed by atoms with Crippen molar-refractivity contribution in [3.8, 4) is 0 Å². The standard InChI is InChI=1S/C23H19BrFN5O2/c24-15-10-11-19-17(12-15)20(16-8-4-5-9-18(16)25)28-21(22(27-19)30-26)29-23(31)32-13-14-6-2-1-3-7-14/h1-12,21H,13,26H2,(H,27,30)(H,29,31). The van der Waals surface area contributed by atoms with Gasteiger partial charge in [0.2, 0.25) is 0 Å².